The van der Waals surface area contributed by atoms with Gasteiger partial charge in [-0.15, -0.1) is 0 Å². The number of carbonyl (C=O) groups excluding carboxylic acids is 1. The number of furan rings is 1. The van der Waals surface area contributed by atoms with Crippen LogP contribution in [0.4, 0.5) is 5.69 Å². The largest absolute Gasteiger partial charge is 0.451 e. The third-order valence-electron chi connectivity index (χ3n) is 3.35. The van der Waals surface area contributed by atoms with E-state index in [2.05, 4.69) is 11.8 Å². The van der Waals surface area contributed by atoms with Crippen LogP contribution in [0.25, 0.3) is 11.0 Å². The van der Waals surface area contributed by atoms with Crippen molar-refractivity contribution in [3.63, 3.8) is 0 Å². The lowest BCUT2D eigenvalue weighted by molar-refractivity contribution is 0.0715. The summed E-state index contributed by atoms with van der Waals surface area (Å²) in [4.78, 5) is 16.5. The molecule has 0 aliphatic heterocycles. The first kappa shape index (κ1) is 15.4. The third kappa shape index (κ3) is 3.76. The molecule has 2 rings (SSSR count). The molecule has 0 fully saturated rings. The van der Waals surface area contributed by atoms with Gasteiger partial charge in [0, 0.05) is 30.7 Å². The van der Waals surface area contributed by atoms with Gasteiger partial charge in [-0.2, -0.15) is 0 Å². The minimum Gasteiger partial charge on any atom is -0.451 e. The Labute approximate surface area is 125 Å². The maximum absolute atomic E-state index is 12.6. The number of hydrogen-bond acceptors (Lipinski definition) is 4. The highest BCUT2D eigenvalue weighted by Crippen LogP contribution is 2.22. The van der Waals surface area contributed by atoms with E-state index in [1.54, 1.807) is 18.2 Å². The van der Waals surface area contributed by atoms with Crippen molar-refractivity contribution in [2.24, 2.45) is 0 Å². The summed E-state index contributed by atoms with van der Waals surface area (Å²) in [6.45, 7) is 4.32. The van der Waals surface area contributed by atoms with E-state index in [1.165, 1.54) is 0 Å². The molecule has 0 atom stereocenters. The van der Waals surface area contributed by atoms with Gasteiger partial charge in [-0.3, -0.25) is 4.79 Å². The number of rotatable bonds is 6. The molecule has 1 aromatic heterocycles. The fourth-order valence-electron chi connectivity index (χ4n) is 2.23. The fraction of sp³-hybridized carbons (Fsp3) is 0.438. The average molecular weight is 289 g/mol. The van der Waals surface area contributed by atoms with Crippen molar-refractivity contribution in [1.29, 1.82) is 0 Å². The molecule has 0 aliphatic rings. The zero-order valence-corrected chi connectivity index (χ0v) is 12.9. The summed E-state index contributed by atoms with van der Waals surface area (Å²) in [5, 5.41) is 0.863. The van der Waals surface area contributed by atoms with E-state index in [0.717, 1.165) is 24.9 Å². The fourth-order valence-corrected chi connectivity index (χ4v) is 2.23. The lowest BCUT2D eigenvalue weighted by Crippen LogP contribution is -2.37. The molecule has 2 N–H and O–H groups in total. The predicted octanol–water partition coefficient (Wildman–Crippen LogP) is 2.43. The highest BCUT2D eigenvalue weighted by molar-refractivity contribution is 5.96. The van der Waals surface area contributed by atoms with Gasteiger partial charge in [0.25, 0.3) is 5.91 Å². The molecule has 114 valence electrons. The maximum atomic E-state index is 12.6. The first-order valence-electron chi connectivity index (χ1n) is 7.24. The van der Waals surface area contributed by atoms with Crippen LogP contribution in [-0.4, -0.2) is 49.4 Å². The van der Waals surface area contributed by atoms with Crippen LogP contribution in [-0.2, 0) is 0 Å². The Morgan fingerprint density at radius 1 is 1.19 bits per heavy atom. The molecule has 1 amide bonds. The van der Waals surface area contributed by atoms with E-state index < -0.39 is 0 Å². The van der Waals surface area contributed by atoms with Crippen LogP contribution in [0.3, 0.4) is 0 Å². The summed E-state index contributed by atoms with van der Waals surface area (Å²) in [6.07, 6.45) is 0.923. The van der Waals surface area contributed by atoms with Crippen LogP contribution in [0, 0.1) is 0 Å². The van der Waals surface area contributed by atoms with Gasteiger partial charge < -0.3 is 20.0 Å². The molecule has 0 spiro atoms. The smallest absolute Gasteiger partial charge is 0.289 e. The number of likely N-dealkylation sites (N-methyl/N-ethyl adjacent to an activating group) is 1. The Morgan fingerprint density at radius 2 is 1.95 bits per heavy atom. The molecule has 2 aromatic rings. The van der Waals surface area contributed by atoms with Crippen molar-refractivity contribution < 1.29 is 9.21 Å². The Kier molecular flexibility index (Phi) is 4.85. The summed E-state index contributed by atoms with van der Waals surface area (Å²) in [6, 6.07) is 7.16. The summed E-state index contributed by atoms with van der Waals surface area (Å²) in [5.41, 5.74) is 7.11. The Morgan fingerprint density at radius 3 is 2.62 bits per heavy atom. The molecule has 5 heteroatoms. The SMILES string of the molecule is CCCN(CCN(C)C)C(=O)c1cc2cc(N)ccc2o1. The molecular weight excluding hydrogens is 266 g/mol. The topological polar surface area (TPSA) is 62.7 Å². The standard InChI is InChI=1S/C16H23N3O2/c1-4-7-19(9-8-18(2)3)16(20)15-11-12-10-13(17)5-6-14(12)21-15/h5-6,10-11H,4,7-9,17H2,1-3H3. The molecule has 21 heavy (non-hydrogen) atoms. The molecule has 0 radical (unpaired) electrons. The number of hydrogen-bond donors (Lipinski definition) is 1. The van der Waals surface area contributed by atoms with E-state index in [-0.39, 0.29) is 5.91 Å². The minimum atomic E-state index is -0.0616. The molecule has 5 nitrogen and oxygen atoms in total. The maximum Gasteiger partial charge on any atom is 0.289 e. The van der Waals surface area contributed by atoms with E-state index >= 15 is 0 Å². The Hall–Kier alpha value is -2.01. The van der Waals surface area contributed by atoms with Crippen LogP contribution >= 0.6 is 0 Å². The van der Waals surface area contributed by atoms with Crippen LogP contribution in [0.2, 0.25) is 0 Å². The number of amides is 1. The predicted molar refractivity (Wildman–Crippen MR) is 85.4 cm³/mol. The van der Waals surface area contributed by atoms with Gasteiger partial charge >= 0.3 is 0 Å². The zero-order chi connectivity index (χ0) is 15.4. The monoisotopic (exact) mass is 289 g/mol. The Bertz CT molecular complexity index is 619. The lowest BCUT2D eigenvalue weighted by atomic mass is 10.2. The van der Waals surface area contributed by atoms with Crippen molar-refractivity contribution in [2.75, 3.05) is 39.5 Å². The van der Waals surface area contributed by atoms with Crippen LogP contribution in [0.5, 0.6) is 0 Å². The van der Waals surface area contributed by atoms with Gasteiger partial charge in [0.2, 0.25) is 0 Å². The first-order chi connectivity index (χ1) is 10.0. The van der Waals surface area contributed by atoms with Gasteiger partial charge in [0.1, 0.15) is 5.58 Å². The highest BCUT2D eigenvalue weighted by Gasteiger charge is 2.19. The Balaban J connectivity index is 2.21. The van der Waals surface area contributed by atoms with E-state index in [4.69, 9.17) is 10.2 Å². The molecule has 0 aliphatic carbocycles. The van der Waals surface area contributed by atoms with Gasteiger partial charge in [-0.25, -0.2) is 0 Å². The zero-order valence-electron chi connectivity index (χ0n) is 12.9. The summed E-state index contributed by atoms with van der Waals surface area (Å²) < 4.78 is 5.66. The third-order valence-corrected chi connectivity index (χ3v) is 3.35. The molecule has 0 saturated carbocycles. The second-order valence-electron chi connectivity index (χ2n) is 5.50. The normalized spacial score (nSPS) is 11.2. The molecular formula is C16H23N3O2. The molecule has 0 unspecified atom stereocenters. The lowest BCUT2D eigenvalue weighted by Gasteiger charge is -2.22. The summed E-state index contributed by atoms with van der Waals surface area (Å²) in [5.74, 6) is 0.316. The number of benzene rings is 1. The average Bonchev–Trinajstić information content (AvgIpc) is 2.85. The van der Waals surface area contributed by atoms with Crippen molar-refractivity contribution in [3.8, 4) is 0 Å². The molecule has 1 aromatic carbocycles. The highest BCUT2D eigenvalue weighted by atomic mass is 16.3. The van der Waals surface area contributed by atoms with E-state index in [1.807, 2.05) is 25.1 Å². The van der Waals surface area contributed by atoms with Crippen molar-refractivity contribution in [1.82, 2.24) is 9.80 Å². The van der Waals surface area contributed by atoms with E-state index in [0.29, 0.717) is 23.6 Å². The second kappa shape index (κ2) is 6.63. The number of nitrogens with zero attached hydrogens (tertiary/aromatic N) is 2. The number of nitrogen functional groups attached to an aromatic ring is 1. The van der Waals surface area contributed by atoms with Crippen LogP contribution < -0.4 is 5.73 Å². The number of fused-ring (bicyclic) bond motifs is 1. The molecule has 0 saturated heterocycles. The van der Waals surface area contributed by atoms with Crippen molar-refractivity contribution in [2.45, 2.75) is 13.3 Å². The van der Waals surface area contributed by atoms with Crippen molar-refractivity contribution in [3.05, 3.63) is 30.0 Å². The van der Waals surface area contributed by atoms with Gasteiger partial charge in [-0.05, 0) is 44.8 Å². The van der Waals surface area contributed by atoms with Gasteiger partial charge in [0.15, 0.2) is 5.76 Å². The molecule has 0 bridgehead atoms. The number of nitrogens with two attached hydrogens (primary N) is 1. The van der Waals surface area contributed by atoms with E-state index in [9.17, 15) is 4.79 Å². The van der Waals surface area contributed by atoms with Crippen LogP contribution in [0.15, 0.2) is 28.7 Å². The number of carbonyl (C=O) groups is 1. The van der Waals surface area contributed by atoms with Crippen LogP contribution in [0.1, 0.15) is 23.9 Å². The van der Waals surface area contributed by atoms with Gasteiger partial charge in [-0.1, -0.05) is 6.92 Å². The minimum absolute atomic E-state index is 0.0616. The second-order valence-corrected chi connectivity index (χ2v) is 5.50. The van der Waals surface area contributed by atoms with Crippen molar-refractivity contribution >= 4 is 22.6 Å². The quantitative estimate of drug-likeness (QED) is 0.830. The summed E-state index contributed by atoms with van der Waals surface area (Å²) >= 11 is 0. The molecule has 1 heterocycles. The van der Waals surface area contributed by atoms with Gasteiger partial charge in [0.05, 0.1) is 0 Å². The number of anilines is 1. The first-order valence-corrected chi connectivity index (χ1v) is 7.24. The summed E-state index contributed by atoms with van der Waals surface area (Å²) in [7, 11) is 4.00.